The number of hydrogen-bond acceptors (Lipinski definition) is 4. The number of fused-ring (bicyclic) bond motifs is 1. The van der Waals surface area contributed by atoms with E-state index in [0.717, 1.165) is 33.8 Å². The van der Waals surface area contributed by atoms with Crippen molar-refractivity contribution in [3.63, 3.8) is 0 Å². The molecular weight excluding hydrogens is 502 g/mol. The molecule has 0 saturated carbocycles. The van der Waals surface area contributed by atoms with Gasteiger partial charge in [-0.2, -0.15) is 0 Å². The van der Waals surface area contributed by atoms with Gasteiger partial charge in [0.15, 0.2) is 17.5 Å². The average molecular weight is 528 g/mol. The van der Waals surface area contributed by atoms with Gasteiger partial charge in [-0.05, 0) is 58.3 Å². The maximum absolute atomic E-state index is 6.18. The summed E-state index contributed by atoms with van der Waals surface area (Å²) in [7, 11) is 0. The second-order valence-electron chi connectivity index (χ2n) is 9.72. The molecule has 0 bridgehead atoms. The van der Waals surface area contributed by atoms with Crippen LogP contribution in [0.25, 0.3) is 56.1 Å². The number of rotatable bonds is 6. The molecule has 41 heavy (non-hydrogen) atoms. The number of benzene rings is 6. The third kappa shape index (κ3) is 5.19. The summed E-state index contributed by atoms with van der Waals surface area (Å²) in [6, 6.07) is 50.9. The van der Waals surface area contributed by atoms with Crippen molar-refractivity contribution in [3.05, 3.63) is 152 Å². The largest absolute Gasteiger partial charge is 0.457 e. The first kappa shape index (κ1) is 24.4. The van der Waals surface area contributed by atoms with E-state index >= 15 is 0 Å². The van der Waals surface area contributed by atoms with Gasteiger partial charge in [-0.25, -0.2) is 15.0 Å². The Kier molecular flexibility index (Phi) is 6.48. The fourth-order valence-electron chi connectivity index (χ4n) is 4.93. The maximum Gasteiger partial charge on any atom is 0.164 e. The molecule has 0 aliphatic heterocycles. The van der Waals surface area contributed by atoms with Crippen molar-refractivity contribution in [2.45, 2.75) is 0 Å². The molecule has 4 nitrogen and oxygen atoms in total. The van der Waals surface area contributed by atoms with Crippen LogP contribution in [-0.4, -0.2) is 15.0 Å². The van der Waals surface area contributed by atoms with Crippen LogP contribution in [0.2, 0.25) is 0 Å². The molecule has 0 saturated heterocycles. The molecule has 0 aliphatic rings. The van der Waals surface area contributed by atoms with Gasteiger partial charge >= 0.3 is 0 Å². The van der Waals surface area contributed by atoms with E-state index in [-0.39, 0.29) is 0 Å². The van der Waals surface area contributed by atoms with E-state index in [2.05, 4.69) is 54.6 Å². The van der Waals surface area contributed by atoms with Crippen LogP contribution in [0, 0.1) is 0 Å². The maximum atomic E-state index is 6.18. The molecule has 194 valence electrons. The van der Waals surface area contributed by atoms with E-state index in [1.54, 1.807) is 0 Å². The van der Waals surface area contributed by atoms with Crippen LogP contribution < -0.4 is 4.74 Å². The monoisotopic (exact) mass is 527 g/mol. The molecular formula is C37H25N3O. The Morgan fingerprint density at radius 3 is 1.34 bits per heavy atom. The topological polar surface area (TPSA) is 47.9 Å². The number of hydrogen-bond donors (Lipinski definition) is 0. The molecule has 0 atom stereocenters. The fourth-order valence-corrected chi connectivity index (χ4v) is 4.93. The zero-order chi connectivity index (χ0) is 27.4. The first-order valence-electron chi connectivity index (χ1n) is 13.5. The van der Waals surface area contributed by atoms with Crippen molar-refractivity contribution < 1.29 is 4.74 Å². The summed E-state index contributed by atoms with van der Waals surface area (Å²) in [4.78, 5) is 14.4. The molecule has 0 fully saturated rings. The summed E-state index contributed by atoms with van der Waals surface area (Å²) in [5, 5.41) is 2.47. The highest BCUT2D eigenvalue weighted by Crippen LogP contribution is 2.32. The van der Waals surface area contributed by atoms with Crippen molar-refractivity contribution in [1.82, 2.24) is 15.0 Å². The third-order valence-electron chi connectivity index (χ3n) is 7.00. The standard InChI is InChI=1S/C37H25N3O/c1-3-11-28(12-4-1)35-38-36(29-13-5-2-6-14-29)40-37(39-35)30-20-24-32(25-21-30)41-31-22-18-27(19-23-31)34-17-9-15-26-10-7-8-16-33(26)34/h1-25H. The van der Waals surface area contributed by atoms with Gasteiger partial charge in [0, 0.05) is 16.7 Å². The van der Waals surface area contributed by atoms with Crippen LogP contribution in [0.15, 0.2) is 152 Å². The van der Waals surface area contributed by atoms with Crippen LogP contribution >= 0.6 is 0 Å². The van der Waals surface area contributed by atoms with Gasteiger partial charge in [0.05, 0.1) is 0 Å². The summed E-state index contributed by atoms with van der Waals surface area (Å²) in [6.07, 6.45) is 0. The Morgan fingerprint density at radius 1 is 0.341 bits per heavy atom. The molecule has 0 N–H and O–H groups in total. The lowest BCUT2D eigenvalue weighted by Gasteiger charge is -2.10. The molecule has 7 aromatic rings. The van der Waals surface area contributed by atoms with Gasteiger partial charge in [-0.15, -0.1) is 0 Å². The Bertz CT molecular complexity index is 1870. The summed E-state index contributed by atoms with van der Waals surface area (Å²) in [6.45, 7) is 0. The Morgan fingerprint density at radius 2 is 0.780 bits per heavy atom. The van der Waals surface area contributed by atoms with Crippen LogP contribution in [0.5, 0.6) is 11.5 Å². The van der Waals surface area contributed by atoms with E-state index in [4.69, 9.17) is 19.7 Å². The Balaban J connectivity index is 1.15. The SMILES string of the molecule is c1ccc(-c2nc(-c3ccccc3)nc(-c3ccc(Oc4ccc(-c5cccc6ccccc56)cc4)cc3)n2)cc1. The van der Waals surface area contributed by atoms with Gasteiger partial charge in [-0.1, -0.05) is 115 Å². The predicted octanol–water partition coefficient (Wildman–Crippen LogP) is 9.49. The predicted molar refractivity (Wildman–Crippen MR) is 166 cm³/mol. The molecule has 4 heteroatoms. The van der Waals surface area contributed by atoms with Gasteiger partial charge in [0.1, 0.15) is 11.5 Å². The van der Waals surface area contributed by atoms with Gasteiger partial charge in [0.2, 0.25) is 0 Å². The minimum Gasteiger partial charge on any atom is -0.457 e. The van der Waals surface area contributed by atoms with Crippen molar-refractivity contribution in [1.29, 1.82) is 0 Å². The van der Waals surface area contributed by atoms with Crippen molar-refractivity contribution in [2.24, 2.45) is 0 Å². The van der Waals surface area contributed by atoms with E-state index in [1.807, 2.05) is 97.1 Å². The van der Waals surface area contributed by atoms with Crippen LogP contribution in [-0.2, 0) is 0 Å². The highest BCUT2D eigenvalue weighted by molar-refractivity contribution is 5.96. The van der Waals surface area contributed by atoms with E-state index < -0.39 is 0 Å². The van der Waals surface area contributed by atoms with Gasteiger partial charge in [-0.3, -0.25) is 0 Å². The second-order valence-corrected chi connectivity index (χ2v) is 9.72. The lowest BCUT2D eigenvalue weighted by atomic mass is 9.98. The summed E-state index contributed by atoms with van der Waals surface area (Å²) < 4.78 is 6.18. The molecule has 0 amide bonds. The van der Waals surface area contributed by atoms with Crippen LogP contribution in [0.3, 0.4) is 0 Å². The van der Waals surface area contributed by atoms with Gasteiger partial charge < -0.3 is 4.74 Å². The molecule has 0 unspecified atom stereocenters. The van der Waals surface area contributed by atoms with Crippen molar-refractivity contribution in [3.8, 4) is 56.8 Å². The zero-order valence-electron chi connectivity index (χ0n) is 22.2. The number of nitrogens with zero attached hydrogens (tertiary/aromatic N) is 3. The number of aromatic nitrogens is 3. The molecule has 0 spiro atoms. The summed E-state index contributed by atoms with van der Waals surface area (Å²) in [5.41, 5.74) is 5.14. The van der Waals surface area contributed by atoms with Crippen LogP contribution in [0.1, 0.15) is 0 Å². The normalized spacial score (nSPS) is 10.9. The first-order valence-corrected chi connectivity index (χ1v) is 13.5. The van der Waals surface area contributed by atoms with Crippen molar-refractivity contribution >= 4 is 10.8 Å². The van der Waals surface area contributed by atoms with E-state index in [1.165, 1.54) is 16.3 Å². The lowest BCUT2D eigenvalue weighted by molar-refractivity contribution is 0.483. The highest BCUT2D eigenvalue weighted by Gasteiger charge is 2.12. The first-order chi connectivity index (χ1) is 20.3. The lowest BCUT2D eigenvalue weighted by Crippen LogP contribution is -2.00. The second kappa shape index (κ2) is 10.9. The minimum absolute atomic E-state index is 0.615. The molecule has 7 rings (SSSR count). The smallest absolute Gasteiger partial charge is 0.164 e. The Labute approximate surface area is 238 Å². The molecule has 1 heterocycles. The molecule has 0 aliphatic carbocycles. The van der Waals surface area contributed by atoms with Crippen molar-refractivity contribution in [2.75, 3.05) is 0 Å². The van der Waals surface area contributed by atoms with Crippen LogP contribution in [0.4, 0.5) is 0 Å². The Hall–Kier alpha value is -5.61. The highest BCUT2D eigenvalue weighted by atomic mass is 16.5. The minimum atomic E-state index is 0.615. The van der Waals surface area contributed by atoms with E-state index in [0.29, 0.717) is 17.5 Å². The number of ether oxygens (including phenoxy) is 1. The summed E-state index contributed by atoms with van der Waals surface area (Å²) >= 11 is 0. The third-order valence-corrected chi connectivity index (χ3v) is 7.00. The quantitative estimate of drug-likeness (QED) is 0.216. The fraction of sp³-hybridized carbons (Fsp3) is 0. The average Bonchev–Trinajstić information content (AvgIpc) is 3.06. The van der Waals surface area contributed by atoms with Gasteiger partial charge in [0.25, 0.3) is 0 Å². The molecule has 0 radical (unpaired) electrons. The summed E-state index contributed by atoms with van der Waals surface area (Å²) in [5.74, 6) is 3.41. The zero-order valence-corrected chi connectivity index (χ0v) is 22.2. The molecule has 1 aromatic heterocycles. The van der Waals surface area contributed by atoms with E-state index in [9.17, 15) is 0 Å². The molecule has 6 aromatic carbocycles.